The second kappa shape index (κ2) is 14.1. The van der Waals surface area contributed by atoms with E-state index in [1.807, 2.05) is 0 Å². The van der Waals surface area contributed by atoms with Crippen molar-refractivity contribution in [1.29, 1.82) is 0 Å². The van der Waals surface area contributed by atoms with Gasteiger partial charge in [0.2, 0.25) is 0 Å². The number of anilines is 7. The lowest BCUT2D eigenvalue weighted by Gasteiger charge is -2.54. The molecule has 6 aromatic rings. The normalized spacial score (nSPS) is 26.1. The zero-order valence-corrected chi connectivity index (χ0v) is 46.2. The summed E-state index contributed by atoms with van der Waals surface area (Å²) in [7, 11) is 0. The Morgan fingerprint density at radius 3 is 1.76 bits per heavy atom. The SMILES string of the molecule is Cc1cc(C)c2c3c1B1c4ccc5c(c4N(c4c(C)cc(C(C)(C)C)cc4C)c4cc(N6c7ccc(C(C)(C)C)cc7C7(C)CCCCC67C)cc(c41)N3C1(C)CCCCC21C)C(C)(C)c1ccccc1-5. The molecule has 0 bridgehead atoms. The number of nitrogens with zero attached hydrogens (tertiary/aromatic N) is 3. The van der Waals surface area contributed by atoms with Gasteiger partial charge in [0.1, 0.15) is 0 Å². The van der Waals surface area contributed by atoms with Gasteiger partial charge in [-0.1, -0.05) is 167 Å². The second-order valence-electron chi connectivity index (χ2n) is 27.4. The molecule has 4 atom stereocenters. The van der Waals surface area contributed by atoms with E-state index in [4.69, 9.17) is 0 Å². The molecule has 4 heterocycles. The van der Waals surface area contributed by atoms with Crippen LogP contribution in [0.15, 0.2) is 84.9 Å². The summed E-state index contributed by atoms with van der Waals surface area (Å²) >= 11 is 0. The number of rotatable bonds is 2. The van der Waals surface area contributed by atoms with Crippen LogP contribution in [-0.2, 0) is 27.1 Å². The molecule has 0 amide bonds. The zero-order chi connectivity index (χ0) is 50.1. The first-order valence-corrected chi connectivity index (χ1v) is 27.7. The van der Waals surface area contributed by atoms with Crippen LogP contribution < -0.4 is 31.1 Å². The third kappa shape index (κ3) is 5.48. The average molecular weight is 936 g/mol. The molecule has 71 heavy (non-hydrogen) atoms. The van der Waals surface area contributed by atoms with Crippen molar-refractivity contribution in [3.63, 3.8) is 0 Å². The largest absolute Gasteiger partial charge is 0.335 e. The minimum Gasteiger partial charge on any atom is -0.335 e. The van der Waals surface area contributed by atoms with Gasteiger partial charge in [-0.05, 0) is 174 Å². The molecule has 0 saturated heterocycles. The molecule has 0 N–H and O–H groups in total. The van der Waals surface area contributed by atoms with E-state index in [0.29, 0.717) is 0 Å². The van der Waals surface area contributed by atoms with Crippen molar-refractivity contribution in [1.82, 2.24) is 0 Å². The van der Waals surface area contributed by atoms with Crippen molar-refractivity contribution in [2.45, 2.75) is 200 Å². The zero-order valence-electron chi connectivity index (χ0n) is 46.2. The Morgan fingerprint density at radius 1 is 0.465 bits per heavy atom. The Kier molecular flexibility index (Phi) is 9.05. The van der Waals surface area contributed by atoms with E-state index in [-0.39, 0.29) is 44.9 Å². The predicted molar refractivity (Wildman–Crippen MR) is 305 cm³/mol. The van der Waals surface area contributed by atoms with Gasteiger partial charge >= 0.3 is 0 Å². The molecule has 0 spiro atoms. The average Bonchev–Trinajstić information content (AvgIpc) is 3.77. The molecule has 3 aliphatic carbocycles. The number of hydrogen-bond acceptors (Lipinski definition) is 3. The minimum absolute atomic E-state index is 0.00590. The van der Waals surface area contributed by atoms with Crippen molar-refractivity contribution in [2.75, 3.05) is 14.7 Å². The molecule has 0 radical (unpaired) electrons. The summed E-state index contributed by atoms with van der Waals surface area (Å²) in [5, 5.41) is 0. The van der Waals surface area contributed by atoms with E-state index >= 15 is 0 Å². The van der Waals surface area contributed by atoms with Crippen LogP contribution in [0.1, 0.15) is 190 Å². The number of hydrogen-bond donors (Lipinski definition) is 0. The lowest BCUT2D eigenvalue weighted by Crippen LogP contribution is -2.65. The maximum absolute atomic E-state index is 3.00. The summed E-state index contributed by atoms with van der Waals surface area (Å²) in [4.78, 5) is 8.76. The first kappa shape index (κ1) is 45.6. The van der Waals surface area contributed by atoms with E-state index in [0.717, 1.165) is 0 Å². The quantitative estimate of drug-likeness (QED) is 0.160. The second-order valence-corrected chi connectivity index (χ2v) is 27.4. The maximum atomic E-state index is 3.00. The molecule has 364 valence electrons. The summed E-state index contributed by atoms with van der Waals surface area (Å²) in [6.07, 6.45) is 9.84. The van der Waals surface area contributed by atoms with E-state index in [9.17, 15) is 0 Å². The number of benzene rings is 6. The van der Waals surface area contributed by atoms with E-state index < -0.39 is 0 Å². The highest BCUT2D eigenvalue weighted by atomic mass is 15.3. The van der Waals surface area contributed by atoms with Gasteiger partial charge < -0.3 is 14.7 Å². The van der Waals surface area contributed by atoms with Crippen LogP contribution in [0.4, 0.5) is 39.8 Å². The summed E-state index contributed by atoms with van der Waals surface area (Å²) in [6, 6.07) is 35.2. The van der Waals surface area contributed by atoms with Crippen LogP contribution in [0.25, 0.3) is 11.1 Å². The molecular formula is C67H78BN3. The first-order valence-electron chi connectivity index (χ1n) is 27.7. The molecule has 4 heteroatoms. The van der Waals surface area contributed by atoms with Crippen molar-refractivity contribution < 1.29 is 0 Å². The van der Waals surface area contributed by atoms with Gasteiger partial charge in [-0.25, -0.2) is 0 Å². The van der Waals surface area contributed by atoms with Crippen molar-refractivity contribution in [2.24, 2.45) is 0 Å². The monoisotopic (exact) mass is 936 g/mol. The molecular weight excluding hydrogens is 858 g/mol. The summed E-state index contributed by atoms with van der Waals surface area (Å²) in [5.74, 6) is 0. The van der Waals surface area contributed by atoms with Gasteiger partial charge in [0.15, 0.2) is 0 Å². The van der Waals surface area contributed by atoms with Crippen LogP contribution in [-0.4, -0.2) is 17.8 Å². The molecule has 2 saturated carbocycles. The Morgan fingerprint density at radius 2 is 1.08 bits per heavy atom. The van der Waals surface area contributed by atoms with Crippen LogP contribution in [0.3, 0.4) is 0 Å². The Bertz CT molecular complexity index is 3330. The lowest BCUT2D eigenvalue weighted by atomic mass is 9.32. The maximum Gasteiger partial charge on any atom is 0.252 e. The van der Waals surface area contributed by atoms with Gasteiger partial charge in [0.05, 0.1) is 16.8 Å². The van der Waals surface area contributed by atoms with Gasteiger partial charge in [-0.15, -0.1) is 0 Å². The standard InChI is InChI=1S/C67H78BN3/c1-39-33-40(2)56-60-54(39)65(14)30-20-22-32-67(65,16)71(60)53-38-45(70-51-28-25-43(61(5,6)7)36-49(51)64(13)29-19-21-31-66(64,70)15)37-52-57(53)68(56)50-27-26-47-46-23-17-18-24-48(46)63(11,12)55(47)59(50)69(52)58-41(3)34-44(35-42(58)4)62(8,9)10/h17-18,23-28,33-38H,19-22,29-32H2,1-16H3. The van der Waals surface area contributed by atoms with E-state index in [2.05, 4.69) is 210 Å². The van der Waals surface area contributed by atoms with Crippen LogP contribution >= 0.6 is 0 Å². The number of fused-ring (bicyclic) bond motifs is 14. The smallest absolute Gasteiger partial charge is 0.252 e. The van der Waals surface area contributed by atoms with E-state index in [1.165, 1.54) is 158 Å². The highest BCUT2D eigenvalue weighted by molar-refractivity contribution is 7.00. The lowest BCUT2D eigenvalue weighted by molar-refractivity contribution is 0.193. The highest BCUT2D eigenvalue weighted by Crippen LogP contribution is 2.66. The molecule has 4 unspecified atom stereocenters. The molecule has 13 rings (SSSR count). The van der Waals surface area contributed by atoms with Crippen LogP contribution in [0, 0.1) is 27.7 Å². The van der Waals surface area contributed by atoms with Gasteiger partial charge in [0, 0.05) is 50.4 Å². The first-order chi connectivity index (χ1) is 33.4. The predicted octanol–water partition coefficient (Wildman–Crippen LogP) is 15.9. The van der Waals surface area contributed by atoms with Crippen molar-refractivity contribution in [3.05, 3.63) is 141 Å². The van der Waals surface area contributed by atoms with Crippen molar-refractivity contribution in [3.8, 4) is 11.1 Å². The fourth-order valence-electron chi connectivity index (χ4n) is 17.0. The van der Waals surface area contributed by atoms with Gasteiger partial charge in [0.25, 0.3) is 6.71 Å². The fourth-order valence-corrected chi connectivity index (χ4v) is 17.0. The topological polar surface area (TPSA) is 9.72 Å². The third-order valence-corrected chi connectivity index (χ3v) is 21.0. The highest BCUT2D eigenvalue weighted by Gasteiger charge is 2.64. The van der Waals surface area contributed by atoms with E-state index in [1.54, 1.807) is 16.6 Å². The Balaban J connectivity index is 1.21. The summed E-state index contributed by atoms with van der Waals surface area (Å²) < 4.78 is 0. The molecule has 4 aliphatic heterocycles. The van der Waals surface area contributed by atoms with Gasteiger partial charge in [-0.2, -0.15) is 0 Å². The molecule has 2 fully saturated rings. The molecule has 3 nitrogen and oxygen atoms in total. The van der Waals surface area contributed by atoms with Gasteiger partial charge in [-0.3, -0.25) is 0 Å². The molecule has 6 aromatic carbocycles. The van der Waals surface area contributed by atoms with Crippen molar-refractivity contribution >= 4 is 62.9 Å². The Labute approximate surface area is 427 Å². The number of aryl methyl sites for hydroxylation is 4. The fraction of sp³-hybridized carbons (Fsp3) is 0.463. The molecule has 7 aliphatic rings. The minimum atomic E-state index is -0.225. The summed E-state index contributed by atoms with van der Waals surface area (Å²) in [6.45, 7) is 39.7. The van der Waals surface area contributed by atoms with Crippen LogP contribution in [0.2, 0.25) is 0 Å². The summed E-state index contributed by atoms with van der Waals surface area (Å²) in [5.41, 5.74) is 31.3. The molecule has 0 aromatic heterocycles. The Hall–Kier alpha value is -5.22. The van der Waals surface area contributed by atoms with Crippen LogP contribution in [0.5, 0.6) is 0 Å². The third-order valence-electron chi connectivity index (χ3n) is 21.0.